The minimum absolute atomic E-state index is 0.0873. The molecule has 20 heavy (non-hydrogen) atoms. The fourth-order valence-electron chi connectivity index (χ4n) is 3.50. The van der Waals surface area contributed by atoms with Crippen molar-refractivity contribution >= 4 is 0 Å². The predicted molar refractivity (Wildman–Crippen MR) is 80.2 cm³/mol. The molecule has 1 aromatic rings. The maximum Gasteiger partial charge on any atom is 0.123 e. The number of aryl methyl sites for hydroxylation is 1. The lowest BCUT2D eigenvalue weighted by molar-refractivity contribution is -0.0705. The monoisotopic (exact) mass is 279 g/mol. The number of rotatable bonds is 4. The van der Waals surface area contributed by atoms with Crippen molar-refractivity contribution in [3.05, 3.63) is 35.1 Å². The Bertz CT molecular complexity index is 462. The van der Waals surface area contributed by atoms with Crippen LogP contribution in [0, 0.1) is 18.7 Å². The highest BCUT2D eigenvalue weighted by Crippen LogP contribution is 2.37. The molecule has 2 rings (SSSR count). The molecule has 2 N–H and O–H groups in total. The van der Waals surface area contributed by atoms with Crippen molar-refractivity contribution in [2.24, 2.45) is 11.7 Å². The molecule has 0 amide bonds. The Kier molecular flexibility index (Phi) is 4.82. The predicted octanol–water partition coefficient (Wildman–Crippen LogP) is 3.60. The third-order valence-electron chi connectivity index (χ3n) is 4.82. The van der Waals surface area contributed by atoms with Gasteiger partial charge in [-0.2, -0.15) is 0 Å². The molecule has 1 aromatic carbocycles. The summed E-state index contributed by atoms with van der Waals surface area (Å²) in [6.07, 6.45) is 5.08. The van der Waals surface area contributed by atoms with Crippen LogP contribution >= 0.6 is 0 Å². The van der Waals surface area contributed by atoms with Crippen LogP contribution in [-0.4, -0.2) is 18.8 Å². The lowest BCUT2D eigenvalue weighted by Gasteiger charge is -2.43. The van der Waals surface area contributed by atoms with Crippen molar-refractivity contribution in [1.29, 1.82) is 0 Å². The van der Waals surface area contributed by atoms with Gasteiger partial charge in [-0.15, -0.1) is 0 Å². The van der Waals surface area contributed by atoms with Gasteiger partial charge in [0.1, 0.15) is 5.82 Å². The van der Waals surface area contributed by atoms with Crippen molar-refractivity contribution in [3.63, 3.8) is 0 Å². The van der Waals surface area contributed by atoms with Gasteiger partial charge in [0, 0.05) is 13.2 Å². The number of benzene rings is 1. The van der Waals surface area contributed by atoms with Gasteiger partial charge in [0.05, 0.1) is 5.60 Å². The van der Waals surface area contributed by atoms with E-state index in [2.05, 4.69) is 6.92 Å². The fraction of sp³-hybridized carbons (Fsp3) is 0.647. The Morgan fingerprint density at radius 2 is 2.25 bits per heavy atom. The van der Waals surface area contributed by atoms with E-state index >= 15 is 0 Å². The fourth-order valence-corrected chi connectivity index (χ4v) is 3.50. The smallest absolute Gasteiger partial charge is 0.123 e. The van der Waals surface area contributed by atoms with Crippen LogP contribution in [-0.2, 0) is 11.2 Å². The molecule has 0 saturated heterocycles. The number of hydrogen-bond acceptors (Lipinski definition) is 2. The Balaban J connectivity index is 2.16. The average molecular weight is 279 g/mol. The number of ether oxygens (including phenoxy) is 1. The van der Waals surface area contributed by atoms with Gasteiger partial charge in [0.2, 0.25) is 0 Å². The molecular weight excluding hydrogens is 253 g/mol. The molecule has 1 aliphatic rings. The maximum absolute atomic E-state index is 13.4. The van der Waals surface area contributed by atoms with Crippen LogP contribution in [0.1, 0.15) is 43.7 Å². The first-order valence-corrected chi connectivity index (χ1v) is 7.52. The van der Waals surface area contributed by atoms with Gasteiger partial charge < -0.3 is 10.5 Å². The lowest BCUT2D eigenvalue weighted by atomic mass is 9.73. The molecule has 0 aliphatic heterocycles. The summed E-state index contributed by atoms with van der Waals surface area (Å²) >= 11 is 0. The van der Waals surface area contributed by atoms with Crippen molar-refractivity contribution < 1.29 is 9.13 Å². The van der Waals surface area contributed by atoms with Gasteiger partial charge in [-0.3, -0.25) is 0 Å². The van der Waals surface area contributed by atoms with Gasteiger partial charge in [-0.1, -0.05) is 25.8 Å². The topological polar surface area (TPSA) is 35.2 Å². The first-order chi connectivity index (χ1) is 9.47. The second-order valence-electron chi connectivity index (χ2n) is 6.35. The van der Waals surface area contributed by atoms with Crippen LogP contribution in [0.2, 0.25) is 0 Å². The lowest BCUT2D eigenvalue weighted by Crippen LogP contribution is -2.53. The first-order valence-electron chi connectivity index (χ1n) is 7.52. The quantitative estimate of drug-likeness (QED) is 0.914. The molecular formula is C17H26FNO. The maximum atomic E-state index is 13.4. The van der Waals surface area contributed by atoms with Crippen LogP contribution in [0.3, 0.4) is 0 Å². The molecule has 0 spiro atoms. The summed E-state index contributed by atoms with van der Waals surface area (Å²) in [5, 5.41) is 0. The third kappa shape index (κ3) is 3.21. The van der Waals surface area contributed by atoms with Crippen molar-refractivity contribution in [1.82, 2.24) is 0 Å². The van der Waals surface area contributed by atoms with Crippen LogP contribution in [0.4, 0.5) is 4.39 Å². The van der Waals surface area contributed by atoms with Crippen LogP contribution in [0.15, 0.2) is 18.2 Å². The number of methoxy groups -OCH3 is 1. The first kappa shape index (κ1) is 15.5. The van der Waals surface area contributed by atoms with E-state index < -0.39 is 0 Å². The summed E-state index contributed by atoms with van der Waals surface area (Å²) in [5.41, 5.74) is 8.29. The van der Waals surface area contributed by atoms with E-state index in [1.165, 1.54) is 12.5 Å². The highest BCUT2D eigenvalue weighted by Gasteiger charge is 2.40. The molecule has 0 radical (unpaired) electrons. The van der Waals surface area contributed by atoms with E-state index in [-0.39, 0.29) is 17.5 Å². The van der Waals surface area contributed by atoms with Crippen LogP contribution < -0.4 is 5.73 Å². The van der Waals surface area contributed by atoms with Gasteiger partial charge in [0.15, 0.2) is 0 Å². The average Bonchev–Trinajstić information content (AvgIpc) is 2.42. The summed E-state index contributed by atoms with van der Waals surface area (Å²) in [7, 11) is 1.76. The summed E-state index contributed by atoms with van der Waals surface area (Å²) in [5.74, 6) is 0.449. The van der Waals surface area contributed by atoms with E-state index in [1.807, 2.05) is 13.0 Å². The largest absolute Gasteiger partial charge is 0.377 e. The van der Waals surface area contributed by atoms with Gasteiger partial charge in [-0.05, 0) is 55.4 Å². The van der Waals surface area contributed by atoms with E-state index in [0.717, 1.165) is 30.4 Å². The summed E-state index contributed by atoms with van der Waals surface area (Å²) in [6.45, 7) is 4.26. The molecule has 0 bridgehead atoms. The molecule has 112 valence electrons. The Morgan fingerprint density at radius 1 is 1.50 bits per heavy atom. The van der Waals surface area contributed by atoms with E-state index in [0.29, 0.717) is 12.3 Å². The number of nitrogens with two attached hydrogens (primary N) is 1. The van der Waals surface area contributed by atoms with Crippen molar-refractivity contribution in [2.75, 3.05) is 7.11 Å². The van der Waals surface area contributed by atoms with Gasteiger partial charge in [-0.25, -0.2) is 4.39 Å². The SMILES string of the molecule is COC1(C(N)Cc2cc(F)ccc2C)CCCC(C)C1. The van der Waals surface area contributed by atoms with Crippen molar-refractivity contribution in [2.45, 2.75) is 57.6 Å². The highest BCUT2D eigenvalue weighted by molar-refractivity contribution is 5.28. The van der Waals surface area contributed by atoms with E-state index in [1.54, 1.807) is 13.2 Å². The zero-order valence-electron chi connectivity index (χ0n) is 12.8. The molecule has 0 aromatic heterocycles. The second-order valence-corrected chi connectivity index (χ2v) is 6.35. The molecule has 0 heterocycles. The van der Waals surface area contributed by atoms with Crippen molar-refractivity contribution in [3.8, 4) is 0 Å². The zero-order valence-corrected chi connectivity index (χ0v) is 12.8. The Morgan fingerprint density at radius 3 is 2.90 bits per heavy atom. The standard InChI is InChI=1S/C17H26FNO/c1-12-5-4-8-17(11-12,20-3)16(19)10-14-9-15(18)7-6-13(14)2/h6-7,9,12,16H,4-5,8,10-11,19H2,1-3H3. The molecule has 3 atom stereocenters. The number of halogens is 1. The Hall–Kier alpha value is -0.930. The molecule has 3 unspecified atom stereocenters. The second kappa shape index (κ2) is 6.23. The third-order valence-corrected chi connectivity index (χ3v) is 4.82. The van der Waals surface area contributed by atoms with Crippen LogP contribution in [0.5, 0.6) is 0 Å². The van der Waals surface area contributed by atoms with E-state index in [4.69, 9.17) is 10.5 Å². The normalized spacial score (nSPS) is 28.4. The van der Waals surface area contributed by atoms with Gasteiger partial charge in [0.25, 0.3) is 0 Å². The highest BCUT2D eigenvalue weighted by atomic mass is 19.1. The minimum Gasteiger partial charge on any atom is -0.377 e. The zero-order chi connectivity index (χ0) is 14.8. The minimum atomic E-state index is -0.254. The molecule has 2 nitrogen and oxygen atoms in total. The number of hydrogen-bond donors (Lipinski definition) is 1. The van der Waals surface area contributed by atoms with Crippen LogP contribution in [0.25, 0.3) is 0 Å². The summed E-state index contributed by atoms with van der Waals surface area (Å²) in [4.78, 5) is 0. The van der Waals surface area contributed by atoms with Gasteiger partial charge >= 0.3 is 0 Å². The summed E-state index contributed by atoms with van der Waals surface area (Å²) < 4.78 is 19.2. The van der Waals surface area contributed by atoms with E-state index in [9.17, 15) is 4.39 Å². The molecule has 3 heteroatoms. The molecule has 1 saturated carbocycles. The molecule has 1 fully saturated rings. The summed E-state index contributed by atoms with van der Waals surface area (Å²) in [6, 6.07) is 4.83. The Labute approximate surface area is 121 Å². The molecule has 1 aliphatic carbocycles.